The van der Waals surface area contributed by atoms with Crippen LogP contribution in [0, 0.1) is 6.92 Å². The number of benzene rings is 3. The highest BCUT2D eigenvalue weighted by molar-refractivity contribution is 7.22. The summed E-state index contributed by atoms with van der Waals surface area (Å²) < 4.78 is 6.22. The first kappa shape index (κ1) is 24.7. The van der Waals surface area contributed by atoms with Gasteiger partial charge in [-0.25, -0.2) is 4.98 Å². The second kappa shape index (κ2) is 9.16. The van der Waals surface area contributed by atoms with Crippen LogP contribution in [0.3, 0.4) is 0 Å². The molecule has 3 aromatic carbocycles. The van der Waals surface area contributed by atoms with Crippen molar-refractivity contribution in [1.29, 1.82) is 0 Å². The second-order valence-corrected chi connectivity index (χ2v) is 11.2. The maximum Gasteiger partial charge on any atom is 0.301 e. The number of aliphatic hydroxyl groups excluding tert-OH is 1. The fraction of sp³-hybridized carbons (Fsp3) is 0.233. The monoisotopic (exact) mass is 512 g/mol. The zero-order valence-electron chi connectivity index (χ0n) is 21.4. The van der Waals surface area contributed by atoms with Gasteiger partial charge in [-0.15, -0.1) is 0 Å². The molecule has 1 saturated heterocycles. The van der Waals surface area contributed by atoms with E-state index in [1.54, 1.807) is 24.3 Å². The van der Waals surface area contributed by atoms with E-state index < -0.39 is 17.7 Å². The van der Waals surface area contributed by atoms with E-state index >= 15 is 0 Å². The van der Waals surface area contributed by atoms with Gasteiger partial charge >= 0.3 is 5.91 Å². The van der Waals surface area contributed by atoms with Crippen LogP contribution >= 0.6 is 11.3 Å². The van der Waals surface area contributed by atoms with Crippen molar-refractivity contribution in [3.63, 3.8) is 0 Å². The van der Waals surface area contributed by atoms with Crippen LogP contribution in [0.2, 0.25) is 0 Å². The fourth-order valence-electron chi connectivity index (χ4n) is 4.56. The van der Waals surface area contributed by atoms with Gasteiger partial charge in [0, 0.05) is 5.56 Å². The van der Waals surface area contributed by atoms with Gasteiger partial charge in [0.05, 0.1) is 28.9 Å². The minimum absolute atomic E-state index is 0.0252. The molecule has 4 aromatic rings. The number of methoxy groups -OCH3 is 1. The average Bonchev–Trinajstić information content (AvgIpc) is 3.40. The summed E-state index contributed by atoms with van der Waals surface area (Å²) in [7, 11) is 1.53. The third-order valence-electron chi connectivity index (χ3n) is 6.62. The molecule has 5 rings (SSSR count). The zero-order valence-corrected chi connectivity index (χ0v) is 22.2. The number of ketones is 1. The van der Waals surface area contributed by atoms with Crippen LogP contribution < -0.4 is 9.64 Å². The molecule has 1 amide bonds. The van der Waals surface area contributed by atoms with Gasteiger partial charge in [-0.3, -0.25) is 14.5 Å². The van der Waals surface area contributed by atoms with E-state index in [0.717, 1.165) is 21.3 Å². The Kier molecular flexibility index (Phi) is 6.12. The molecular weight excluding hydrogens is 484 g/mol. The van der Waals surface area contributed by atoms with Crippen LogP contribution in [0.4, 0.5) is 5.13 Å². The first-order chi connectivity index (χ1) is 17.6. The van der Waals surface area contributed by atoms with Crippen molar-refractivity contribution in [2.24, 2.45) is 0 Å². The molecule has 0 radical (unpaired) electrons. The van der Waals surface area contributed by atoms with E-state index in [-0.39, 0.29) is 16.7 Å². The zero-order chi connectivity index (χ0) is 26.5. The molecule has 37 heavy (non-hydrogen) atoms. The van der Waals surface area contributed by atoms with Gasteiger partial charge in [0.15, 0.2) is 5.13 Å². The number of Topliss-reactive ketones (excluding diaryl/α,β-unsaturated/α-hetero) is 1. The van der Waals surface area contributed by atoms with E-state index in [4.69, 9.17) is 9.72 Å². The fourth-order valence-corrected chi connectivity index (χ4v) is 5.65. The highest BCUT2D eigenvalue weighted by Crippen LogP contribution is 2.44. The van der Waals surface area contributed by atoms with Gasteiger partial charge in [-0.05, 0) is 53.3 Å². The maximum atomic E-state index is 13.5. The predicted octanol–water partition coefficient (Wildman–Crippen LogP) is 6.54. The largest absolute Gasteiger partial charge is 0.507 e. The number of fused-ring (bicyclic) bond motifs is 1. The Morgan fingerprint density at radius 3 is 2.43 bits per heavy atom. The number of nitrogens with zero attached hydrogens (tertiary/aromatic N) is 2. The Bertz CT molecular complexity index is 1560. The molecule has 0 aliphatic carbocycles. The molecule has 0 bridgehead atoms. The summed E-state index contributed by atoms with van der Waals surface area (Å²) in [6, 6.07) is 19.7. The molecule has 1 unspecified atom stereocenters. The van der Waals surface area contributed by atoms with Crippen LogP contribution in [0.5, 0.6) is 5.75 Å². The number of anilines is 1. The summed E-state index contributed by atoms with van der Waals surface area (Å²) in [6.07, 6.45) is 0. The Balaban J connectivity index is 1.72. The normalized spacial score (nSPS) is 17.5. The SMILES string of the molecule is COc1cccc(C(O)=C2C(=O)C(=O)N(c3nc4ccc(C)cc4s3)C2c2ccc(C(C)(C)C)cc2)c1. The van der Waals surface area contributed by atoms with Crippen molar-refractivity contribution in [3.05, 3.63) is 94.6 Å². The third kappa shape index (κ3) is 4.40. The molecule has 1 atom stereocenters. The van der Waals surface area contributed by atoms with E-state index in [9.17, 15) is 14.7 Å². The molecule has 6 nitrogen and oxygen atoms in total. The standard InChI is InChI=1S/C30H28N2O4S/c1-17-9-14-22-23(15-17)37-29(31-22)32-25(18-10-12-20(13-11-18)30(2,3)4)24(27(34)28(32)35)26(33)19-7-6-8-21(16-19)36-5/h6-16,25,33H,1-5H3. The molecule has 1 aromatic heterocycles. The number of aromatic nitrogens is 1. The lowest BCUT2D eigenvalue weighted by Gasteiger charge is -2.24. The van der Waals surface area contributed by atoms with E-state index in [1.807, 2.05) is 49.4 Å². The van der Waals surface area contributed by atoms with Crippen LogP contribution in [-0.4, -0.2) is 28.9 Å². The number of aryl methyl sites for hydroxylation is 1. The highest BCUT2D eigenvalue weighted by atomic mass is 32.1. The number of hydrogen-bond donors (Lipinski definition) is 1. The quantitative estimate of drug-likeness (QED) is 0.191. The van der Waals surface area contributed by atoms with E-state index in [1.165, 1.54) is 23.3 Å². The van der Waals surface area contributed by atoms with Crippen molar-refractivity contribution in [2.45, 2.75) is 39.2 Å². The number of thiazole rings is 1. The van der Waals surface area contributed by atoms with Gasteiger partial charge < -0.3 is 9.84 Å². The van der Waals surface area contributed by atoms with Crippen molar-refractivity contribution < 1.29 is 19.4 Å². The number of hydrogen-bond acceptors (Lipinski definition) is 6. The van der Waals surface area contributed by atoms with Gasteiger partial charge in [0.2, 0.25) is 0 Å². The number of carbonyl (C=O) groups is 2. The molecule has 7 heteroatoms. The Hall–Kier alpha value is -3.97. The number of aliphatic hydroxyl groups is 1. The van der Waals surface area contributed by atoms with Crippen molar-refractivity contribution in [3.8, 4) is 5.75 Å². The van der Waals surface area contributed by atoms with E-state index in [0.29, 0.717) is 22.0 Å². The van der Waals surface area contributed by atoms with Gasteiger partial charge in [0.25, 0.3) is 5.78 Å². The van der Waals surface area contributed by atoms with Crippen LogP contribution in [0.25, 0.3) is 16.0 Å². The molecule has 1 fully saturated rings. The average molecular weight is 513 g/mol. The number of rotatable bonds is 4. The minimum atomic E-state index is -0.832. The van der Waals surface area contributed by atoms with Crippen LogP contribution in [0.1, 0.15) is 49.1 Å². The molecule has 1 aliphatic heterocycles. The minimum Gasteiger partial charge on any atom is -0.507 e. The summed E-state index contributed by atoms with van der Waals surface area (Å²) >= 11 is 1.35. The predicted molar refractivity (Wildman–Crippen MR) is 147 cm³/mol. The molecule has 1 aliphatic rings. The van der Waals surface area contributed by atoms with Crippen LogP contribution in [0.15, 0.2) is 72.3 Å². The number of amides is 1. The first-order valence-electron chi connectivity index (χ1n) is 12.0. The van der Waals surface area contributed by atoms with Gasteiger partial charge in [-0.1, -0.05) is 74.6 Å². The smallest absolute Gasteiger partial charge is 0.301 e. The Morgan fingerprint density at radius 2 is 1.76 bits per heavy atom. The summed E-state index contributed by atoms with van der Waals surface area (Å²) in [6.45, 7) is 8.37. The molecule has 188 valence electrons. The maximum absolute atomic E-state index is 13.5. The first-order valence-corrected chi connectivity index (χ1v) is 12.8. The van der Waals surface area contributed by atoms with Gasteiger partial charge in [0.1, 0.15) is 11.5 Å². The Labute approximate surface area is 219 Å². The lowest BCUT2D eigenvalue weighted by molar-refractivity contribution is -0.132. The molecule has 2 heterocycles. The summed E-state index contributed by atoms with van der Waals surface area (Å²) in [5.41, 5.74) is 4.03. The summed E-state index contributed by atoms with van der Waals surface area (Å²) in [5, 5.41) is 11.8. The van der Waals surface area contributed by atoms with Crippen LogP contribution in [-0.2, 0) is 15.0 Å². The Morgan fingerprint density at radius 1 is 1.03 bits per heavy atom. The number of ether oxygens (including phenoxy) is 1. The molecule has 1 N–H and O–H groups in total. The highest BCUT2D eigenvalue weighted by Gasteiger charge is 2.48. The van der Waals surface area contributed by atoms with Crippen molar-refractivity contribution in [2.75, 3.05) is 12.0 Å². The van der Waals surface area contributed by atoms with E-state index in [2.05, 4.69) is 20.8 Å². The molecular formula is C30H28N2O4S. The van der Waals surface area contributed by atoms with Crippen molar-refractivity contribution in [1.82, 2.24) is 4.98 Å². The third-order valence-corrected chi connectivity index (χ3v) is 7.64. The lowest BCUT2D eigenvalue weighted by Crippen LogP contribution is -2.29. The lowest BCUT2D eigenvalue weighted by atomic mass is 9.85. The second-order valence-electron chi connectivity index (χ2n) is 10.2. The van der Waals surface area contributed by atoms with Crippen molar-refractivity contribution >= 4 is 44.1 Å². The molecule has 0 saturated carbocycles. The molecule has 0 spiro atoms. The summed E-state index contributed by atoms with van der Waals surface area (Å²) in [4.78, 5) is 33.1. The topological polar surface area (TPSA) is 79.7 Å². The summed E-state index contributed by atoms with van der Waals surface area (Å²) in [5.74, 6) is -1.18. The number of carbonyl (C=O) groups excluding carboxylic acids is 2. The van der Waals surface area contributed by atoms with Gasteiger partial charge in [-0.2, -0.15) is 0 Å².